The third-order valence-corrected chi connectivity index (χ3v) is 13.1. The molecule has 3 aliphatic rings. The molecule has 0 radical (unpaired) electrons. The lowest BCUT2D eigenvalue weighted by atomic mass is 9.81. The summed E-state index contributed by atoms with van der Waals surface area (Å²) in [6, 6.07) is 22.4. The van der Waals surface area contributed by atoms with Gasteiger partial charge in [-0.25, -0.2) is 0 Å². The third kappa shape index (κ3) is 9.35. The van der Waals surface area contributed by atoms with Crippen molar-refractivity contribution in [3.8, 4) is 17.6 Å². The maximum absolute atomic E-state index is 14.6. The van der Waals surface area contributed by atoms with Crippen LogP contribution in [0.2, 0.25) is 0 Å². The molecule has 0 spiro atoms. The van der Waals surface area contributed by atoms with Gasteiger partial charge in [-0.1, -0.05) is 80.7 Å². The van der Waals surface area contributed by atoms with E-state index in [4.69, 9.17) is 14.8 Å². The number of fused-ring (bicyclic) bond motifs is 2. The lowest BCUT2D eigenvalue weighted by Gasteiger charge is -2.27. The molecule has 0 saturated heterocycles. The summed E-state index contributed by atoms with van der Waals surface area (Å²) in [7, 11) is 0.959. The standard InChI is InChI=1S/C56H59BF2N4O3/c1-37-33-39(3)60-53(37)52(54-38(2)34-40(4)63(54)57(58)59)43-30-28-42(36-48(43)66-10)27-26-41-29-31-46-45(35-41)56(7,8)49(61(46)9)23-15-12-11-13-16-24-50-55(5,6)44-21-18-19-22-47(44)62(50)32-20-14-17-25-51(64)65/h11-13,15-16,18-19,21-24,28-31,33-36H,14,17,20,25,32H2,1-10H3/p+1/b53-52+. The van der Waals surface area contributed by atoms with Crippen LogP contribution in [0, 0.1) is 25.7 Å². The number of aromatic nitrogens is 1. The Bertz CT molecular complexity index is 2910. The molecule has 4 heterocycles. The Hall–Kier alpha value is -6.73. The van der Waals surface area contributed by atoms with Gasteiger partial charge in [-0.15, -0.1) is 0 Å². The summed E-state index contributed by atoms with van der Waals surface area (Å²) in [6.07, 6.45) is 19.4. The van der Waals surface area contributed by atoms with E-state index >= 15 is 0 Å². The topological polar surface area (TPSA) is 70.1 Å². The maximum Gasteiger partial charge on any atom is 0.677 e. The molecule has 0 aliphatic carbocycles. The Balaban J connectivity index is 1.07. The molecule has 0 unspecified atom stereocenters. The summed E-state index contributed by atoms with van der Waals surface area (Å²) >= 11 is 0. The predicted molar refractivity (Wildman–Crippen MR) is 268 cm³/mol. The molecule has 338 valence electrons. The van der Waals surface area contributed by atoms with Crippen molar-refractivity contribution in [1.29, 1.82) is 0 Å². The molecule has 7 rings (SSSR count). The van der Waals surface area contributed by atoms with Gasteiger partial charge in [0.15, 0.2) is 5.71 Å². The van der Waals surface area contributed by atoms with E-state index in [0.29, 0.717) is 40.4 Å². The largest absolute Gasteiger partial charge is 0.677 e. The molecule has 0 saturated carbocycles. The van der Waals surface area contributed by atoms with Crippen LogP contribution in [0.3, 0.4) is 0 Å². The number of para-hydroxylation sites is 1. The molecular formula is C56H60BF2N4O3+. The number of aliphatic imine (C=N–C) groups is 1. The first-order valence-corrected chi connectivity index (χ1v) is 22.7. The van der Waals surface area contributed by atoms with E-state index in [1.165, 1.54) is 28.2 Å². The van der Waals surface area contributed by atoms with Gasteiger partial charge in [0.2, 0.25) is 5.69 Å². The molecule has 7 nitrogen and oxygen atoms in total. The van der Waals surface area contributed by atoms with Crippen molar-refractivity contribution in [1.82, 2.24) is 4.48 Å². The fourth-order valence-corrected chi connectivity index (χ4v) is 9.81. The second kappa shape index (κ2) is 19.4. The minimum Gasteiger partial charge on any atom is -0.496 e. The molecule has 3 aliphatic heterocycles. The van der Waals surface area contributed by atoms with E-state index in [1.807, 2.05) is 57.2 Å². The molecule has 0 atom stereocenters. The van der Waals surface area contributed by atoms with Crippen LogP contribution in [0.15, 0.2) is 137 Å². The van der Waals surface area contributed by atoms with Gasteiger partial charge >= 0.3 is 13.4 Å². The van der Waals surface area contributed by atoms with Crippen LogP contribution in [-0.4, -0.2) is 59.7 Å². The van der Waals surface area contributed by atoms with Crippen LogP contribution < -0.4 is 9.64 Å². The fraction of sp³-hybridized carbons (Fsp3) is 0.304. The number of hydrogen-bond acceptors (Lipinski definition) is 4. The molecule has 10 heteroatoms. The number of halogens is 2. The van der Waals surface area contributed by atoms with Crippen LogP contribution >= 0.6 is 0 Å². The van der Waals surface area contributed by atoms with E-state index < -0.39 is 13.4 Å². The quantitative estimate of drug-likeness (QED) is 0.0450. The van der Waals surface area contributed by atoms with Crippen LogP contribution in [0.1, 0.15) is 112 Å². The average molecular weight is 886 g/mol. The van der Waals surface area contributed by atoms with Crippen molar-refractivity contribution in [3.63, 3.8) is 0 Å². The number of rotatable bonds is 14. The SMILES string of the molecule is COc1cc(C#Cc2ccc3c(c2)C(C)(C)C(C=CC=CC=CC=C2N(CCCCCC(=O)O)c4ccccc4C2(C)C)=[N+]3C)ccc1/C(=C1\N=C(C)C=C1C)c1c(C)cc(C)n1B(F)F. The van der Waals surface area contributed by atoms with Crippen molar-refractivity contribution in [2.45, 2.75) is 91.9 Å². The molecule has 0 amide bonds. The summed E-state index contributed by atoms with van der Waals surface area (Å²) in [6.45, 7) is 17.2. The van der Waals surface area contributed by atoms with E-state index in [-0.39, 0.29) is 17.3 Å². The molecular weight excluding hydrogens is 825 g/mol. The molecule has 0 bridgehead atoms. The zero-order valence-corrected chi connectivity index (χ0v) is 39.9. The number of unbranched alkanes of at least 4 members (excludes halogenated alkanes) is 2. The van der Waals surface area contributed by atoms with Crippen molar-refractivity contribution in [2.24, 2.45) is 4.99 Å². The van der Waals surface area contributed by atoms with Crippen LogP contribution in [0.25, 0.3) is 5.57 Å². The van der Waals surface area contributed by atoms with Gasteiger partial charge in [-0.05, 0) is 126 Å². The van der Waals surface area contributed by atoms with Crippen LogP contribution in [-0.2, 0) is 15.6 Å². The highest BCUT2D eigenvalue weighted by molar-refractivity contribution is 6.41. The van der Waals surface area contributed by atoms with Gasteiger partial charge in [0.1, 0.15) is 12.8 Å². The number of aryl methyl sites for hydroxylation is 2. The number of ether oxygens (including phenoxy) is 1. The van der Waals surface area contributed by atoms with Gasteiger partial charge < -0.3 is 19.2 Å². The number of carbonyl (C=O) groups is 1. The number of nitrogens with zero attached hydrogens (tertiary/aromatic N) is 4. The summed E-state index contributed by atoms with van der Waals surface area (Å²) < 4.78 is 38.4. The number of carboxylic acid groups (broad SMARTS) is 1. The summed E-state index contributed by atoms with van der Waals surface area (Å²) in [5, 5.41) is 9.06. The van der Waals surface area contributed by atoms with Crippen molar-refractivity contribution >= 4 is 41.7 Å². The molecule has 4 aromatic rings. The van der Waals surface area contributed by atoms with E-state index in [9.17, 15) is 13.4 Å². The number of hydrogen-bond donors (Lipinski definition) is 1. The monoisotopic (exact) mass is 885 g/mol. The van der Waals surface area contributed by atoms with Crippen LogP contribution in [0.4, 0.5) is 20.0 Å². The molecule has 66 heavy (non-hydrogen) atoms. The zero-order valence-electron chi connectivity index (χ0n) is 39.9. The number of aliphatic carboxylic acids is 1. The number of methoxy groups -OCH3 is 1. The molecule has 1 N–H and O–H groups in total. The highest BCUT2D eigenvalue weighted by Gasteiger charge is 2.43. The Morgan fingerprint density at radius 1 is 0.864 bits per heavy atom. The lowest BCUT2D eigenvalue weighted by molar-refractivity contribution is -0.401. The van der Waals surface area contributed by atoms with E-state index in [1.54, 1.807) is 20.1 Å². The van der Waals surface area contributed by atoms with Crippen molar-refractivity contribution < 1.29 is 27.8 Å². The van der Waals surface area contributed by atoms with E-state index in [0.717, 1.165) is 57.5 Å². The van der Waals surface area contributed by atoms with Gasteiger partial charge in [0.25, 0.3) is 0 Å². The number of allylic oxidation sites excluding steroid dienone is 10. The number of anilines is 1. The first kappa shape index (κ1) is 47.2. The third-order valence-electron chi connectivity index (χ3n) is 13.1. The second-order valence-corrected chi connectivity index (χ2v) is 18.4. The Kier molecular flexibility index (Phi) is 13.9. The molecule has 0 fully saturated rings. The lowest BCUT2D eigenvalue weighted by Crippen LogP contribution is -2.27. The summed E-state index contributed by atoms with van der Waals surface area (Å²) in [5.41, 5.74) is 13.7. The normalized spacial score (nSPS) is 17.5. The first-order valence-electron chi connectivity index (χ1n) is 22.7. The van der Waals surface area contributed by atoms with Crippen LogP contribution in [0.5, 0.6) is 5.75 Å². The Morgan fingerprint density at radius 2 is 1.56 bits per heavy atom. The smallest absolute Gasteiger partial charge is 0.496 e. The van der Waals surface area contributed by atoms with Crippen molar-refractivity contribution in [2.75, 3.05) is 25.6 Å². The first-order chi connectivity index (χ1) is 31.4. The highest BCUT2D eigenvalue weighted by atomic mass is 19.2. The number of carboxylic acids is 1. The highest BCUT2D eigenvalue weighted by Crippen LogP contribution is 2.48. The van der Waals surface area contributed by atoms with E-state index in [2.05, 4.69) is 129 Å². The average Bonchev–Trinajstić information content (AvgIpc) is 3.90. The minimum atomic E-state index is -2.73. The Labute approximate surface area is 389 Å². The van der Waals surface area contributed by atoms with Gasteiger partial charge in [0, 0.05) is 86.8 Å². The van der Waals surface area contributed by atoms with Gasteiger partial charge in [-0.3, -0.25) is 18.4 Å². The fourth-order valence-electron chi connectivity index (χ4n) is 9.81. The second-order valence-electron chi connectivity index (χ2n) is 18.4. The van der Waals surface area contributed by atoms with Gasteiger partial charge in [0.05, 0.1) is 18.2 Å². The minimum absolute atomic E-state index is 0.154. The maximum atomic E-state index is 14.6. The Morgan fingerprint density at radius 3 is 2.26 bits per heavy atom. The van der Waals surface area contributed by atoms with Crippen molar-refractivity contribution in [3.05, 3.63) is 177 Å². The summed E-state index contributed by atoms with van der Waals surface area (Å²) in [5.74, 6) is 6.49. The zero-order chi connectivity index (χ0) is 47.5. The predicted octanol–water partition coefficient (Wildman–Crippen LogP) is 12.5. The molecule has 1 aromatic heterocycles. The number of benzene rings is 3. The summed E-state index contributed by atoms with van der Waals surface area (Å²) in [4.78, 5) is 18.2. The molecule has 3 aromatic carbocycles. The van der Waals surface area contributed by atoms with Gasteiger partial charge in [-0.2, -0.15) is 4.58 Å².